The molecule has 1 aromatic carbocycles. The van der Waals surface area contributed by atoms with Gasteiger partial charge in [-0.2, -0.15) is 0 Å². The molecule has 1 nitrogen and oxygen atoms in total. The van der Waals surface area contributed by atoms with Crippen molar-refractivity contribution >= 4 is 0 Å². The second-order valence-corrected chi connectivity index (χ2v) is 3.22. The van der Waals surface area contributed by atoms with Crippen molar-refractivity contribution in [3.8, 4) is 0 Å². The van der Waals surface area contributed by atoms with Crippen molar-refractivity contribution < 1.29 is 0 Å². The molecule has 1 atom stereocenters. The lowest BCUT2D eigenvalue weighted by atomic mass is 9.98. The van der Waals surface area contributed by atoms with Crippen LogP contribution < -0.4 is 5.32 Å². The fraction of sp³-hybridized carbons (Fsp3) is 0.364. The second kappa shape index (κ2) is 3.72. The van der Waals surface area contributed by atoms with Crippen LogP contribution in [-0.4, -0.2) is 6.54 Å². The van der Waals surface area contributed by atoms with Gasteiger partial charge in [-0.1, -0.05) is 30.3 Å². The molecule has 0 amide bonds. The Balaban J connectivity index is 2.08. The topological polar surface area (TPSA) is 12.0 Å². The van der Waals surface area contributed by atoms with Crippen molar-refractivity contribution in [3.63, 3.8) is 0 Å². The summed E-state index contributed by atoms with van der Waals surface area (Å²) in [5, 5.41) is 3.48. The maximum Gasteiger partial charge on any atom is 0.0352 e. The van der Waals surface area contributed by atoms with Crippen LogP contribution in [0.4, 0.5) is 0 Å². The van der Waals surface area contributed by atoms with Crippen molar-refractivity contribution in [1.29, 1.82) is 0 Å². The van der Waals surface area contributed by atoms with Crippen LogP contribution in [-0.2, 0) is 0 Å². The fourth-order valence-electron chi connectivity index (χ4n) is 1.64. The largest absolute Gasteiger partial charge is 0.310 e. The average molecular weight is 160 g/mol. The van der Waals surface area contributed by atoms with Crippen LogP contribution in [0.2, 0.25) is 0 Å². The lowest BCUT2D eigenvalue weighted by molar-refractivity contribution is 0.499. The Morgan fingerprint density at radius 2 is 2.00 bits per heavy atom. The number of hydrogen-bond donors (Lipinski definition) is 1. The summed E-state index contributed by atoms with van der Waals surface area (Å²) in [5.74, 6) is 0. The van der Waals surface area contributed by atoms with Crippen molar-refractivity contribution in [3.05, 3.63) is 42.3 Å². The molecule has 0 bridgehead atoms. The number of benzene rings is 1. The van der Waals surface area contributed by atoms with Crippen molar-refractivity contribution in [2.24, 2.45) is 0 Å². The van der Waals surface area contributed by atoms with E-state index in [1.807, 2.05) is 0 Å². The lowest BCUT2D eigenvalue weighted by Crippen LogP contribution is -2.27. The SMILES string of the molecule is [CH]1CCCNC1c1ccccc1. The van der Waals surface area contributed by atoms with E-state index in [9.17, 15) is 0 Å². The first-order chi connectivity index (χ1) is 5.97. The van der Waals surface area contributed by atoms with Gasteiger partial charge in [0.05, 0.1) is 0 Å². The standard InChI is InChI=1S/C11H14N/c1-2-6-10(7-3-1)11-8-4-5-9-12-11/h1-3,6-8,11-12H,4-5,9H2. The van der Waals surface area contributed by atoms with Gasteiger partial charge in [-0.05, 0) is 31.4 Å². The van der Waals surface area contributed by atoms with E-state index < -0.39 is 0 Å². The summed E-state index contributed by atoms with van der Waals surface area (Å²) in [6.07, 6.45) is 4.88. The number of nitrogens with one attached hydrogen (secondary N) is 1. The molecule has 1 heteroatoms. The van der Waals surface area contributed by atoms with E-state index in [0.29, 0.717) is 6.04 Å². The molecular formula is C11H14N. The van der Waals surface area contributed by atoms with Gasteiger partial charge in [0.25, 0.3) is 0 Å². The monoisotopic (exact) mass is 160 g/mol. The van der Waals surface area contributed by atoms with Crippen LogP contribution in [0.15, 0.2) is 30.3 Å². The third kappa shape index (κ3) is 1.67. The molecule has 1 aromatic rings. The van der Waals surface area contributed by atoms with Gasteiger partial charge >= 0.3 is 0 Å². The van der Waals surface area contributed by atoms with Crippen molar-refractivity contribution in [1.82, 2.24) is 5.32 Å². The molecule has 12 heavy (non-hydrogen) atoms. The van der Waals surface area contributed by atoms with Gasteiger partial charge in [0.1, 0.15) is 0 Å². The van der Waals surface area contributed by atoms with E-state index in [0.717, 1.165) is 6.54 Å². The van der Waals surface area contributed by atoms with Crippen molar-refractivity contribution in [2.75, 3.05) is 6.54 Å². The number of rotatable bonds is 1. The Labute approximate surface area is 73.8 Å². The van der Waals surface area contributed by atoms with Crippen molar-refractivity contribution in [2.45, 2.75) is 18.9 Å². The molecule has 0 saturated carbocycles. The average Bonchev–Trinajstić information content (AvgIpc) is 2.21. The van der Waals surface area contributed by atoms with Crippen LogP contribution in [0, 0.1) is 6.42 Å². The summed E-state index contributed by atoms with van der Waals surface area (Å²) >= 11 is 0. The predicted octanol–water partition coefficient (Wildman–Crippen LogP) is 2.32. The highest BCUT2D eigenvalue weighted by Gasteiger charge is 2.13. The first kappa shape index (κ1) is 7.81. The van der Waals surface area contributed by atoms with E-state index in [4.69, 9.17) is 0 Å². The molecule has 1 aliphatic heterocycles. The quantitative estimate of drug-likeness (QED) is 0.664. The summed E-state index contributed by atoms with van der Waals surface area (Å²) in [7, 11) is 0. The van der Waals surface area contributed by atoms with E-state index in [1.54, 1.807) is 0 Å². The first-order valence-electron chi connectivity index (χ1n) is 4.58. The van der Waals surface area contributed by atoms with Gasteiger partial charge in [-0.3, -0.25) is 0 Å². The first-order valence-corrected chi connectivity index (χ1v) is 4.58. The molecule has 1 aliphatic rings. The van der Waals surface area contributed by atoms with E-state index in [2.05, 4.69) is 42.1 Å². The highest BCUT2D eigenvalue weighted by molar-refractivity contribution is 5.21. The van der Waals surface area contributed by atoms with Crippen LogP contribution in [0.3, 0.4) is 0 Å². The normalized spacial score (nSPS) is 23.8. The van der Waals surface area contributed by atoms with Crippen LogP contribution in [0.25, 0.3) is 0 Å². The molecule has 63 valence electrons. The fourth-order valence-corrected chi connectivity index (χ4v) is 1.64. The highest BCUT2D eigenvalue weighted by atomic mass is 14.9. The maximum absolute atomic E-state index is 3.48. The summed E-state index contributed by atoms with van der Waals surface area (Å²) < 4.78 is 0. The molecule has 1 unspecified atom stereocenters. The van der Waals surface area contributed by atoms with Gasteiger partial charge in [0, 0.05) is 6.04 Å². The smallest absolute Gasteiger partial charge is 0.0352 e. The Bertz CT molecular complexity index is 224. The lowest BCUT2D eigenvalue weighted by Gasteiger charge is -2.23. The molecule has 1 heterocycles. The van der Waals surface area contributed by atoms with Crippen LogP contribution in [0.1, 0.15) is 24.4 Å². The number of piperidine rings is 1. The summed E-state index contributed by atoms with van der Waals surface area (Å²) in [5.41, 5.74) is 1.39. The molecule has 0 aliphatic carbocycles. The molecule has 0 spiro atoms. The summed E-state index contributed by atoms with van der Waals surface area (Å²) in [6, 6.07) is 11.1. The van der Waals surface area contributed by atoms with E-state index in [-0.39, 0.29) is 0 Å². The number of hydrogen-bond acceptors (Lipinski definition) is 1. The van der Waals surface area contributed by atoms with Gasteiger partial charge in [0.2, 0.25) is 0 Å². The van der Waals surface area contributed by atoms with E-state index in [1.165, 1.54) is 18.4 Å². The zero-order chi connectivity index (χ0) is 8.23. The Hall–Kier alpha value is -0.820. The minimum Gasteiger partial charge on any atom is -0.310 e. The van der Waals surface area contributed by atoms with Gasteiger partial charge < -0.3 is 5.32 Å². The Morgan fingerprint density at radius 1 is 1.17 bits per heavy atom. The molecule has 1 radical (unpaired) electrons. The summed E-state index contributed by atoms with van der Waals surface area (Å²) in [6.45, 7) is 1.15. The van der Waals surface area contributed by atoms with Gasteiger partial charge in [-0.25, -0.2) is 0 Å². The molecule has 1 N–H and O–H groups in total. The third-order valence-corrected chi connectivity index (χ3v) is 2.31. The van der Waals surface area contributed by atoms with Crippen LogP contribution in [0.5, 0.6) is 0 Å². The Morgan fingerprint density at radius 3 is 2.67 bits per heavy atom. The van der Waals surface area contributed by atoms with Gasteiger partial charge in [0.15, 0.2) is 0 Å². The molecule has 1 fully saturated rings. The predicted molar refractivity (Wildman–Crippen MR) is 50.7 cm³/mol. The minimum atomic E-state index is 0.486. The summed E-state index contributed by atoms with van der Waals surface area (Å²) in [4.78, 5) is 0. The third-order valence-electron chi connectivity index (χ3n) is 2.31. The molecule has 1 saturated heterocycles. The van der Waals surface area contributed by atoms with E-state index >= 15 is 0 Å². The molecular weight excluding hydrogens is 146 g/mol. The zero-order valence-electron chi connectivity index (χ0n) is 7.16. The molecule has 2 rings (SSSR count). The van der Waals surface area contributed by atoms with Crippen LogP contribution >= 0.6 is 0 Å². The maximum atomic E-state index is 3.48. The minimum absolute atomic E-state index is 0.486. The van der Waals surface area contributed by atoms with Gasteiger partial charge in [-0.15, -0.1) is 0 Å². The molecule has 0 aromatic heterocycles. The highest BCUT2D eigenvalue weighted by Crippen LogP contribution is 2.20. The Kier molecular flexibility index (Phi) is 2.42. The zero-order valence-corrected chi connectivity index (χ0v) is 7.16. The second-order valence-electron chi connectivity index (χ2n) is 3.22.